The Balaban J connectivity index is 1.95. The van der Waals surface area contributed by atoms with Gasteiger partial charge in [0, 0.05) is 0 Å². The Bertz CT molecular complexity index is 937. The SMILES string of the molecule is CCOc1cccc2sc(NS(=O)(=O)c3ccc(F)cc3)nc12. The van der Waals surface area contributed by atoms with E-state index in [-0.39, 0.29) is 10.0 Å². The van der Waals surface area contributed by atoms with Crippen molar-refractivity contribution in [2.24, 2.45) is 0 Å². The van der Waals surface area contributed by atoms with Crippen molar-refractivity contribution in [1.82, 2.24) is 4.98 Å². The van der Waals surface area contributed by atoms with Crippen molar-refractivity contribution < 1.29 is 17.5 Å². The Morgan fingerprint density at radius 1 is 1.22 bits per heavy atom. The van der Waals surface area contributed by atoms with Crippen molar-refractivity contribution in [3.8, 4) is 5.75 Å². The van der Waals surface area contributed by atoms with Gasteiger partial charge in [-0.1, -0.05) is 17.4 Å². The molecule has 0 unspecified atom stereocenters. The third-order valence-electron chi connectivity index (χ3n) is 3.03. The number of aromatic nitrogens is 1. The maximum atomic E-state index is 12.9. The zero-order chi connectivity index (χ0) is 16.4. The molecule has 0 fully saturated rings. The van der Waals surface area contributed by atoms with Gasteiger partial charge in [0.15, 0.2) is 5.13 Å². The third-order valence-corrected chi connectivity index (χ3v) is 5.45. The maximum Gasteiger partial charge on any atom is 0.263 e. The van der Waals surface area contributed by atoms with Gasteiger partial charge in [-0.3, -0.25) is 4.72 Å². The van der Waals surface area contributed by atoms with E-state index in [9.17, 15) is 12.8 Å². The summed E-state index contributed by atoms with van der Waals surface area (Å²) in [6.07, 6.45) is 0. The lowest BCUT2D eigenvalue weighted by atomic mass is 10.3. The highest BCUT2D eigenvalue weighted by molar-refractivity contribution is 7.93. The second-order valence-corrected chi connectivity index (χ2v) is 7.33. The number of para-hydroxylation sites is 1. The summed E-state index contributed by atoms with van der Waals surface area (Å²) in [5.41, 5.74) is 0.608. The van der Waals surface area contributed by atoms with Crippen LogP contribution in [0.15, 0.2) is 47.4 Å². The minimum Gasteiger partial charge on any atom is -0.492 e. The first-order chi connectivity index (χ1) is 11.0. The molecule has 3 rings (SSSR count). The molecule has 0 saturated heterocycles. The number of nitrogens with zero attached hydrogens (tertiary/aromatic N) is 1. The molecule has 120 valence electrons. The Hall–Kier alpha value is -2.19. The van der Waals surface area contributed by atoms with Gasteiger partial charge in [-0.25, -0.2) is 17.8 Å². The standard InChI is InChI=1S/C15H13FN2O3S2/c1-2-21-12-4-3-5-13-14(12)17-15(22-13)18-23(19,20)11-8-6-10(16)7-9-11/h3-9H,2H2,1H3,(H,17,18). The van der Waals surface area contributed by atoms with E-state index >= 15 is 0 Å². The number of halogens is 1. The molecule has 1 heterocycles. The number of ether oxygens (including phenoxy) is 1. The van der Waals surface area contributed by atoms with Crippen LogP contribution in [0.5, 0.6) is 5.75 Å². The van der Waals surface area contributed by atoms with Crippen molar-refractivity contribution in [2.75, 3.05) is 11.3 Å². The predicted molar refractivity (Wildman–Crippen MR) is 88.0 cm³/mol. The normalized spacial score (nSPS) is 11.6. The van der Waals surface area contributed by atoms with E-state index in [4.69, 9.17) is 4.74 Å². The largest absolute Gasteiger partial charge is 0.492 e. The Morgan fingerprint density at radius 3 is 2.65 bits per heavy atom. The summed E-state index contributed by atoms with van der Waals surface area (Å²) < 4.78 is 46.2. The molecular weight excluding hydrogens is 339 g/mol. The van der Waals surface area contributed by atoms with Gasteiger partial charge in [-0.15, -0.1) is 0 Å². The molecule has 0 amide bonds. The molecule has 0 atom stereocenters. The second kappa shape index (κ2) is 6.13. The van der Waals surface area contributed by atoms with Crippen molar-refractivity contribution in [3.05, 3.63) is 48.3 Å². The molecule has 0 radical (unpaired) electrons. The highest BCUT2D eigenvalue weighted by Crippen LogP contribution is 2.33. The number of hydrogen-bond acceptors (Lipinski definition) is 5. The molecule has 0 spiro atoms. The van der Waals surface area contributed by atoms with Crippen molar-refractivity contribution in [3.63, 3.8) is 0 Å². The van der Waals surface area contributed by atoms with Crippen LogP contribution < -0.4 is 9.46 Å². The molecule has 0 aliphatic heterocycles. The number of sulfonamides is 1. The average molecular weight is 352 g/mol. The molecule has 0 bridgehead atoms. The summed E-state index contributed by atoms with van der Waals surface area (Å²) in [6, 6.07) is 10.0. The van der Waals surface area contributed by atoms with Gasteiger partial charge >= 0.3 is 0 Å². The zero-order valence-corrected chi connectivity index (χ0v) is 13.7. The number of rotatable bonds is 5. The summed E-state index contributed by atoms with van der Waals surface area (Å²) in [6.45, 7) is 2.36. The lowest BCUT2D eigenvalue weighted by Crippen LogP contribution is -2.12. The van der Waals surface area contributed by atoms with E-state index in [1.165, 1.54) is 23.5 Å². The van der Waals surface area contributed by atoms with Crippen molar-refractivity contribution in [2.45, 2.75) is 11.8 Å². The van der Waals surface area contributed by atoms with E-state index in [2.05, 4.69) is 9.71 Å². The molecule has 2 aromatic carbocycles. The van der Waals surface area contributed by atoms with Crippen LogP contribution in [-0.2, 0) is 10.0 Å². The summed E-state index contributed by atoms with van der Waals surface area (Å²) in [4.78, 5) is 4.26. The Labute approximate surface area is 136 Å². The molecule has 5 nitrogen and oxygen atoms in total. The number of benzene rings is 2. The van der Waals surface area contributed by atoms with Crippen LogP contribution in [0.3, 0.4) is 0 Å². The molecule has 23 heavy (non-hydrogen) atoms. The van der Waals surface area contributed by atoms with Gasteiger partial charge < -0.3 is 4.74 Å². The van der Waals surface area contributed by atoms with Gasteiger partial charge in [0.2, 0.25) is 0 Å². The molecule has 0 aliphatic rings. The first kappa shape index (κ1) is 15.7. The van der Waals surface area contributed by atoms with Crippen molar-refractivity contribution in [1.29, 1.82) is 0 Å². The minimum absolute atomic E-state index is 0.0248. The fourth-order valence-corrected chi connectivity index (χ4v) is 4.14. The van der Waals surface area contributed by atoms with Gasteiger partial charge in [-0.2, -0.15) is 0 Å². The van der Waals surface area contributed by atoms with Crippen LogP contribution in [0.2, 0.25) is 0 Å². The first-order valence-electron chi connectivity index (χ1n) is 6.80. The van der Waals surface area contributed by atoms with Gasteiger partial charge in [0.05, 0.1) is 16.2 Å². The van der Waals surface area contributed by atoms with Crippen LogP contribution in [0.4, 0.5) is 9.52 Å². The Kier molecular flexibility index (Phi) is 4.18. The van der Waals surface area contributed by atoms with Crippen LogP contribution in [0.1, 0.15) is 6.92 Å². The van der Waals surface area contributed by atoms with Crippen molar-refractivity contribution >= 4 is 36.7 Å². The number of nitrogens with one attached hydrogen (secondary N) is 1. The third kappa shape index (κ3) is 3.27. The molecule has 1 aromatic heterocycles. The van der Waals surface area contributed by atoms with Crippen LogP contribution in [0, 0.1) is 5.82 Å². The smallest absolute Gasteiger partial charge is 0.263 e. The molecular formula is C15H13FN2O3S2. The van der Waals surface area contributed by atoms with Crippen LogP contribution >= 0.6 is 11.3 Å². The number of hydrogen-bond donors (Lipinski definition) is 1. The molecule has 8 heteroatoms. The van der Waals surface area contributed by atoms with E-state index in [0.29, 0.717) is 17.9 Å². The zero-order valence-electron chi connectivity index (χ0n) is 12.1. The summed E-state index contributed by atoms with van der Waals surface area (Å²) in [5.74, 6) is 0.110. The average Bonchev–Trinajstić information content (AvgIpc) is 2.90. The van der Waals surface area contributed by atoms with Crippen LogP contribution in [-0.4, -0.2) is 20.0 Å². The monoisotopic (exact) mass is 352 g/mol. The molecule has 1 N–H and O–H groups in total. The van der Waals surface area contributed by atoms with Gasteiger partial charge in [0.1, 0.15) is 17.1 Å². The lowest BCUT2D eigenvalue weighted by Gasteiger charge is -2.04. The molecule has 3 aromatic rings. The fourth-order valence-electron chi connectivity index (χ4n) is 2.03. The molecule has 0 aliphatic carbocycles. The highest BCUT2D eigenvalue weighted by atomic mass is 32.2. The number of anilines is 1. The first-order valence-corrected chi connectivity index (χ1v) is 9.10. The van der Waals surface area contributed by atoms with Crippen LogP contribution in [0.25, 0.3) is 10.2 Å². The maximum absolute atomic E-state index is 12.9. The van der Waals surface area contributed by atoms with E-state index in [0.717, 1.165) is 16.8 Å². The summed E-state index contributed by atoms with van der Waals surface area (Å²) in [5, 5.41) is 0.233. The minimum atomic E-state index is -3.81. The molecule has 0 saturated carbocycles. The van der Waals surface area contributed by atoms with E-state index in [1.807, 2.05) is 19.1 Å². The van der Waals surface area contributed by atoms with E-state index < -0.39 is 15.8 Å². The lowest BCUT2D eigenvalue weighted by molar-refractivity contribution is 0.344. The number of fused-ring (bicyclic) bond motifs is 1. The fraction of sp³-hybridized carbons (Fsp3) is 0.133. The number of thiazole rings is 1. The highest BCUT2D eigenvalue weighted by Gasteiger charge is 2.17. The topological polar surface area (TPSA) is 68.3 Å². The Morgan fingerprint density at radius 2 is 1.96 bits per heavy atom. The quantitative estimate of drug-likeness (QED) is 0.761. The van der Waals surface area contributed by atoms with Gasteiger partial charge in [0.25, 0.3) is 10.0 Å². The summed E-state index contributed by atoms with van der Waals surface area (Å²) in [7, 11) is -3.81. The summed E-state index contributed by atoms with van der Waals surface area (Å²) >= 11 is 1.21. The van der Waals surface area contributed by atoms with Gasteiger partial charge in [-0.05, 0) is 43.3 Å². The predicted octanol–water partition coefficient (Wildman–Crippen LogP) is 3.63. The second-order valence-electron chi connectivity index (χ2n) is 4.61. The van der Waals surface area contributed by atoms with E-state index in [1.54, 1.807) is 6.07 Å².